The zero-order chi connectivity index (χ0) is 18.4. The van der Waals surface area contributed by atoms with Gasteiger partial charge < -0.3 is 10.2 Å². The van der Waals surface area contributed by atoms with Crippen molar-refractivity contribution in [2.75, 3.05) is 13.1 Å². The van der Waals surface area contributed by atoms with Crippen LogP contribution in [0.4, 0.5) is 0 Å². The molecule has 0 unspecified atom stereocenters. The first-order valence-electron chi connectivity index (χ1n) is 8.81. The van der Waals surface area contributed by atoms with E-state index < -0.39 is 6.04 Å². The molecule has 1 fully saturated rings. The highest BCUT2D eigenvalue weighted by Crippen LogP contribution is 2.13. The number of hydrogen-bond acceptors (Lipinski definition) is 3. The summed E-state index contributed by atoms with van der Waals surface area (Å²) in [6, 6.07) is 17.6. The van der Waals surface area contributed by atoms with Crippen LogP contribution in [-0.4, -0.2) is 35.8 Å². The molecule has 0 aliphatic carbocycles. The average Bonchev–Trinajstić information content (AvgIpc) is 3.22. The van der Waals surface area contributed by atoms with Crippen molar-refractivity contribution in [3.05, 3.63) is 71.3 Å². The summed E-state index contributed by atoms with van der Waals surface area (Å²) in [5, 5.41) is 11.9. The molecule has 1 heterocycles. The molecule has 1 atom stereocenters. The number of nitrogens with zero attached hydrogens (tertiary/aromatic N) is 2. The lowest BCUT2D eigenvalue weighted by atomic mass is 10.0. The van der Waals surface area contributed by atoms with Crippen LogP contribution in [0, 0.1) is 11.3 Å². The molecule has 132 valence electrons. The van der Waals surface area contributed by atoms with Crippen molar-refractivity contribution < 1.29 is 9.59 Å². The Morgan fingerprint density at radius 3 is 2.50 bits per heavy atom. The Labute approximate surface area is 153 Å². The largest absolute Gasteiger partial charge is 0.341 e. The van der Waals surface area contributed by atoms with E-state index in [1.165, 1.54) is 6.07 Å². The first kappa shape index (κ1) is 17.7. The van der Waals surface area contributed by atoms with Gasteiger partial charge in [-0.15, -0.1) is 0 Å². The highest BCUT2D eigenvalue weighted by molar-refractivity contribution is 5.97. The van der Waals surface area contributed by atoms with E-state index in [0.29, 0.717) is 17.5 Å². The van der Waals surface area contributed by atoms with Crippen LogP contribution in [0.2, 0.25) is 0 Å². The fraction of sp³-hybridized carbons (Fsp3) is 0.286. The molecule has 0 saturated carbocycles. The van der Waals surface area contributed by atoms with Crippen molar-refractivity contribution in [1.29, 1.82) is 5.26 Å². The van der Waals surface area contributed by atoms with Gasteiger partial charge >= 0.3 is 0 Å². The van der Waals surface area contributed by atoms with Crippen LogP contribution < -0.4 is 5.32 Å². The van der Waals surface area contributed by atoms with Gasteiger partial charge in [0.2, 0.25) is 5.91 Å². The second kappa shape index (κ2) is 8.30. The lowest BCUT2D eigenvalue weighted by molar-refractivity contribution is -0.132. The second-order valence-corrected chi connectivity index (χ2v) is 6.44. The third kappa shape index (κ3) is 4.28. The summed E-state index contributed by atoms with van der Waals surface area (Å²) in [7, 11) is 0. The number of benzene rings is 2. The minimum atomic E-state index is -0.617. The van der Waals surface area contributed by atoms with Gasteiger partial charge in [-0.25, -0.2) is 0 Å². The molecule has 2 aromatic rings. The van der Waals surface area contributed by atoms with Crippen molar-refractivity contribution in [2.24, 2.45) is 0 Å². The third-order valence-electron chi connectivity index (χ3n) is 4.56. The van der Waals surface area contributed by atoms with Crippen LogP contribution in [0.15, 0.2) is 54.6 Å². The molecule has 5 nitrogen and oxygen atoms in total. The fourth-order valence-corrected chi connectivity index (χ4v) is 3.18. The topological polar surface area (TPSA) is 73.2 Å². The van der Waals surface area contributed by atoms with E-state index in [9.17, 15) is 9.59 Å². The first-order chi connectivity index (χ1) is 12.7. The van der Waals surface area contributed by atoms with E-state index in [2.05, 4.69) is 5.32 Å². The Kier molecular flexibility index (Phi) is 5.65. The molecular weight excluding hydrogens is 326 g/mol. The van der Waals surface area contributed by atoms with Crippen LogP contribution in [-0.2, 0) is 11.2 Å². The number of carbonyl (C=O) groups excluding carboxylic acids is 2. The molecule has 0 spiro atoms. The van der Waals surface area contributed by atoms with E-state index in [1.54, 1.807) is 18.2 Å². The third-order valence-corrected chi connectivity index (χ3v) is 4.56. The highest BCUT2D eigenvalue weighted by Gasteiger charge is 2.28. The fourth-order valence-electron chi connectivity index (χ4n) is 3.18. The second-order valence-electron chi connectivity index (χ2n) is 6.44. The molecule has 5 heteroatoms. The summed E-state index contributed by atoms with van der Waals surface area (Å²) >= 11 is 0. The summed E-state index contributed by atoms with van der Waals surface area (Å²) < 4.78 is 0. The summed E-state index contributed by atoms with van der Waals surface area (Å²) in [6.07, 6.45) is 2.45. The van der Waals surface area contributed by atoms with E-state index in [1.807, 2.05) is 41.3 Å². The molecule has 1 aliphatic rings. The monoisotopic (exact) mass is 347 g/mol. The average molecular weight is 347 g/mol. The highest BCUT2D eigenvalue weighted by atomic mass is 16.2. The molecule has 1 aliphatic heterocycles. The van der Waals surface area contributed by atoms with Gasteiger partial charge in [0, 0.05) is 25.1 Å². The predicted molar refractivity (Wildman–Crippen MR) is 98.4 cm³/mol. The zero-order valence-corrected chi connectivity index (χ0v) is 14.5. The minimum absolute atomic E-state index is 0.0452. The molecule has 0 radical (unpaired) electrons. The van der Waals surface area contributed by atoms with E-state index in [0.717, 1.165) is 31.5 Å². The van der Waals surface area contributed by atoms with Crippen molar-refractivity contribution in [3.63, 3.8) is 0 Å². The lowest BCUT2D eigenvalue weighted by Crippen LogP contribution is -2.49. The van der Waals surface area contributed by atoms with Gasteiger partial charge in [0.15, 0.2) is 0 Å². The van der Waals surface area contributed by atoms with Crippen molar-refractivity contribution in [2.45, 2.75) is 25.3 Å². The molecule has 1 N–H and O–H groups in total. The maximum absolute atomic E-state index is 12.9. The van der Waals surface area contributed by atoms with Gasteiger partial charge in [-0.1, -0.05) is 36.4 Å². The predicted octanol–water partition coefficient (Wildman–Crippen LogP) is 2.52. The lowest BCUT2D eigenvalue weighted by Gasteiger charge is -2.24. The van der Waals surface area contributed by atoms with Crippen molar-refractivity contribution in [1.82, 2.24) is 10.2 Å². The van der Waals surface area contributed by atoms with Crippen molar-refractivity contribution >= 4 is 11.8 Å². The summed E-state index contributed by atoms with van der Waals surface area (Å²) in [5.41, 5.74) is 1.80. The van der Waals surface area contributed by atoms with Gasteiger partial charge in [0.05, 0.1) is 11.6 Å². The van der Waals surface area contributed by atoms with Crippen LogP contribution in [0.1, 0.15) is 34.3 Å². The minimum Gasteiger partial charge on any atom is -0.341 e. The maximum atomic E-state index is 12.9. The Balaban J connectivity index is 1.79. The summed E-state index contributed by atoms with van der Waals surface area (Å²) in [4.78, 5) is 27.4. The van der Waals surface area contributed by atoms with Gasteiger partial charge in [-0.05, 0) is 36.6 Å². The van der Waals surface area contributed by atoms with Gasteiger partial charge in [0.1, 0.15) is 6.04 Å². The van der Waals surface area contributed by atoms with Crippen LogP contribution >= 0.6 is 0 Å². The standard InChI is InChI=1S/C21H21N3O2/c22-15-17-9-6-10-18(13-17)20(25)23-19(14-16-7-2-1-3-8-16)21(26)24-11-4-5-12-24/h1-3,6-10,13,19H,4-5,11-12,14H2,(H,23,25)/t19-/m0/s1. The molecule has 2 aromatic carbocycles. The number of nitriles is 1. The van der Waals surface area contributed by atoms with Crippen molar-refractivity contribution in [3.8, 4) is 6.07 Å². The Morgan fingerprint density at radius 2 is 1.81 bits per heavy atom. The molecule has 0 bridgehead atoms. The number of likely N-dealkylation sites (tertiary alicyclic amines) is 1. The van der Waals surface area contributed by atoms with Gasteiger partial charge in [-0.2, -0.15) is 5.26 Å². The quantitative estimate of drug-likeness (QED) is 0.903. The molecule has 26 heavy (non-hydrogen) atoms. The molecule has 2 amide bonds. The molecule has 3 rings (SSSR count). The zero-order valence-electron chi connectivity index (χ0n) is 14.5. The first-order valence-corrected chi connectivity index (χ1v) is 8.81. The molecule has 0 aromatic heterocycles. The maximum Gasteiger partial charge on any atom is 0.251 e. The smallest absolute Gasteiger partial charge is 0.251 e. The molecular formula is C21H21N3O2. The summed E-state index contributed by atoms with van der Waals surface area (Å²) in [5.74, 6) is -0.383. The number of carbonyl (C=O) groups is 2. The van der Waals surface area contributed by atoms with Crippen LogP contribution in [0.5, 0.6) is 0 Å². The number of amides is 2. The number of hydrogen-bond donors (Lipinski definition) is 1. The Hall–Kier alpha value is -3.13. The SMILES string of the molecule is N#Cc1cccc(C(=O)N[C@@H](Cc2ccccc2)C(=O)N2CCCC2)c1. The Bertz CT molecular complexity index is 821. The van der Waals surface area contributed by atoms with E-state index >= 15 is 0 Å². The van der Waals surface area contributed by atoms with Crippen LogP contribution in [0.25, 0.3) is 0 Å². The van der Waals surface area contributed by atoms with Gasteiger partial charge in [-0.3, -0.25) is 9.59 Å². The Morgan fingerprint density at radius 1 is 1.08 bits per heavy atom. The summed E-state index contributed by atoms with van der Waals surface area (Å²) in [6.45, 7) is 1.48. The van der Waals surface area contributed by atoms with Gasteiger partial charge in [0.25, 0.3) is 5.91 Å². The van der Waals surface area contributed by atoms with Crippen LogP contribution in [0.3, 0.4) is 0 Å². The van der Waals surface area contributed by atoms with E-state index in [-0.39, 0.29) is 11.8 Å². The number of rotatable bonds is 5. The van der Waals surface area contributed by atoms with E-state index in [4.69, 9.17) is 5.26 Å². The molecule has 1 saturated heterocycles. The normalized spacial score (nSPS) is 14.5. The number of nitrogens with one attached hydrogen (secondary N) is 1.